The lowest BCUT2D eigenvalue weighted by atomic mass is 9.86. The van der Waals surface area contributed by atoms with Crippen molar-refractivity contribution in [3.63, 3.8) is 0 Å². The standard InChI is InChI=1S/C19H27NO3/c1-4-23-18-13-15(9-11-17(18)22-3)10-12-19(21)20-16-8-6-5-7-14(16)2/h9-14,16H,4-8H2,1-3H3,(H,20,21)/b12-10+. The van der Waals surface area contributed by atoms with Crippen LogP contribution in [0.25, 0.3) is 6.08 Å². The van der Waals surface area contributed by atoms with E-state index in [1.165, 1.54) is 19.3 Å². The van der Waals surface area contributed by atoms with Crippen molar-refractivity contribution in [1.82, 2.24) is 5.32 Å². The number of benzene rings is 1. The van der Waals surface area contributed by atoms with Gasteiger partial charge in [-0.05, 0) is 49.5 Å². The molecule has 1 aromatic rings. The Labute approximate surface area is 138 Å². The second-order valence-corrected chi connectivity index (χ2v) is 6.05. The highest BCUT2D eigenvalue weighted by atomic mass is 16.5. The first-order chi connectivity index (χ1) is 11.1. The molecule has 0 aromatic heterocycles. The van der Waals surface area contributed by atoms with E-state index in [-0.39, 0.29) is 5.91 Å². The van der Waals surface area contributed by atoms with Gasteiger partial charge in [0.05, 0.1) is 13.7 Å². The van der Waals surface area contributed by atoms with Crippen LogP contribution in [0.1, 0.15) is 45.1 Å². The van der Waals surface area contributed by atoms with Gasteiger partial charge in [0.2, 0.25) is 5.91 Å². The molecule has 0 saturated heterocycles. The van der Waals surface area contributed by atoms with Crippen LogP contribution in [0.5, 0.6) is 11.5 Å². The second kappa shape index (κ2) is 8.61. The van der Waals surface area contributed by atoms with Gasteiger partial charge in [-0.15, -0.1) is 0 Å². The molecule has 0 bridgehead atoms. The molecule has 4 nitrogen and oxygen atoms in total. The quantitative estimate of drug-likeness (QED) is 0.812. The lowest BCUT2D eigenvalue weighted by Gasteiger charge is -2.29. The van der Waals surface area contributed by atoms with Gasteiger partial charge in [-0.3, -0.25) is 4.79 Å². The van der Waals surface area contributed by atoms with Gasteiger partial charge in [-0.25, -0.2) is 0 Å². The molecule has 2 unspecified atom stereocenters. The van der Waals surface area contributed by atoms with Crippen LogP contribution >= 0.6 is 0 Å². The molecule has 1 N–H and O–H groups in total. The number of hydrogen-bond acceptors (Lipinski definition) is 3. The molecule has 1 aliphatic carbocycles. The summed E-state index contributed by atoms with van der Waals surface area (Å²) in [6, 6.07) is 5.95. The molecule has 4 heteroatoms. The Kier molecular flexibility index (Phi) is 6.51. The van der Waals surface area contributed by atoms with E-state index in [2.05, 4.69) is 12.2 Å². The first-order valence-electron chi connectivity index (χ1n) is 8.43. The maximum atomic E-state index is 12.1. The Balaban J connectivity index is 1.98. The van der Waals surface area contributed by atoms with E-state index in [1.54, 1.807) is 13.2 Å². The van der Waals surface area contributed by atoms with Gasteiger partial charge >= 0.3 is 0 Å². The summed E-state index contributed by atoms with van der Waals surface area (Å²) in [5.74, 6) is 1.92. The largest absolute Gasteiger partial charge is 0.493 e. The fraction of sp³-hybridized carbons (Fsp3) is 0.526. The summed E-state index contributed by atoms with van der Waals surface area (Å²) in [5.41, 5.74) is 0.918. The lowest BCUT2D eigenvalue weighted by Crippen LogP contribution is -2.40. The van der Waals surface area contributed by atoms with E-state index in [9.17, 15) is 4.79 Å². The highest BCUT2D eigenvalue weighted by Gasteiger charge is 2.21. The zero-order valence-corrected chi connectivity index (χ0v) is 14.3. The average Bonchev–Trinajstić information content (AvgIpc) is 2.55. The predicted molar refractivity (Wildman–Crippen MR) is 92.8 cm³/mol. The Morgan fingerprint density at radius 1 is 1.30 bits per heavy atom. The maximum absolute atomic E-state index is 12.1. The van der Waals surface area contributed by atoms with Gasteiger partial charge in [0, 0.05) is 12.1 Å². The zero-order valence-electron chi connectivity index (χ0n) is 14.3. The number of rotatable bonds is 6. The van der Waals surface area contributed by atoms with E-state index in [0.29, 0.717) is 30.1 Å². The Morgan fingerprint density at radius 3 is 2.78 bits per heavy atom. The number of ether oxygens (including phenoxy) is 2. The fourth-order valence-corrected chi connectivity index (χ4v) is 3.00. The predicted octanol–water partition coefficient (Wildman–Crippen LogP) is 3.80. The van der Waals surface area contributed by atoms with Crippen molar-refractivity contribution in [3.8, 4) is 11.5 Å². The second-order valence-electron chi connectivity index (χ2n) is 6.05. The molecular weight excluding hydrogens is 290 g/mol. The third-order valence-corrected chi connectivity index (χ3v) is 4.35. The van der Waals surface area contributed by atoms with Crippen molar-refractivity contribution < 1.29 is 14.3 Å². The summed E-state index contributed by atoms with van der Waals surface area (Å²) in [6.45, 7) is 4.72. The number of nitrogens with one attached hydrogen (secondary N) is 1. The van der Waals surface area contributed by atoms with E-state index in [4.69, 9.17) is 9.47 Å². The Hall–Kier alpha value is -1.97. The summed E-state index contributed by atoms with van der Waals surface area (Å²) in [7, 11) is 1.62. The van der Waals surface area contributed by atoms with Crippen LogP contribution in [0.3, 0.4) is 0 Å². The zero-order chi connectivity index (χ0) is 16.7. The van der Waals surface area contributed by atoms with Gasteiger partial charge in [0.15, 0.2) is 11.5 Å². The molecule has 0 aliphatic heterocycles. The van der Waals surface area contributed by atoms with Crippen molar-refractivity contribution in [1.29, 1.82) is 0 Å². The van der Waals surface area contributed by atoms with Crippen LogP contribution < -0.4 is 14.8 Å². The molecule has 1 aromatic carbocycles. The van der Waals surface area contributed by atoms with Gasteiger partial charge in [-0.1, -0.05) is 25.8 Å². The van der Waals surface area contributed by atoms with E-state index in [1.807, 2.05) is 31.2 Å². The molecule has 126 valence electrons. The molecule has 1 saturated carbocycles. The maximum Gasteiger partial charge on any atom is 0.244 e. The average molecular weight is 317 g/mol. The summed E-state index contributed by atoms with van der Waals surface area (Å²) >= 11 is 0. The van der Waals surface area contributed by atoms with E-state index < -0.39 is 0 Å². The molecule has 2 atom stereocenters. The van der Waals surface area contributed by atoms with Crippen molar-refractivity contribution in [2.24, 2.45) is 5.92 Å². The molecule has 1 amide bonds. The fourth-order valence-electron chi connectivity index (χ4n) is 3.00. The van der Waals surface area contributed by atoms with Crippen LogP contribution in [0.2, 0.25) is 0 Å². The Bertz CT molecular complexity index is 554. The number of carbonyl (C=O) groups excluding carboxylic acids is 1. The number of methoxy groups -OCH3 is 1. The molecule has 0 radical (unpaired) electrons. The molecule has 23 heavy (non-hydrogen) atoms. The summed E-state index contributed by atoms with van der Waals surface area (Å²) < 4.78 is 10.8. The number of amides is 1. The van der Waals surface area contributed by atoms with Crippen LogP contribution in [-0.2, 0) is 4.79 Å². The first kappa shape index (κ1) is 17.4. The first-order valence-corrected chi connectivity index (χ1v) is 8.43. The van der Waals surface area contributed by atoms with Gasteiger partial charge in [-0.2, -0.15) is 0 Å². The smallest absolute Gasteiger partial charge is 0.244 e. The SMILES string of the molecule is CCOc1cc(/C=C/C(=O)NC2CCCCC2C)ccc1OC. The molecule has 0 heterocycles. The van der Waals surface area contributed by atoms with Crippen LogP contribution in [0.4, 0.5) is 0 Å². The third kappa shape index (κ3) is 5.02. The van der Waals surface area contributed by atoms with Crippen molar-refractivity contribution in [2.75, 3.05) is 13.7 Å². The summed E-state index contributed by atoms with van der Waals surface area (Å²) in [4.78, 5) is 12.1. The number of hydrogen-bond donors (Lipinski definition) is 1. The molecule has 0 spiro atoms. The molecule has 1 aliphatic rings. The Morgan fingerprint density at radius 2 is 2.09 bits per heavy atom. The summed E-state index contributed by atoms with van der Waals surface area (Å²) in [5, 5.41) is 3.12. The minimum atomic E-state index is -0.0301. The van der Waals surface area contributed by atoms with Crippen molar-refractivity contribution in [3.05, 3.63) is 29.8 Å². The van der Waals surface area contributed by atoms with Crippen molar-refractivity contribution >= 4 is 12.0 Å². The normalized spacial score (nSPS) is 21.2. The van der Waals surface area contributed by atoms with E-state index >= 15 is 0 Å². The number of carbonyl (C=O) groups is 1. The van der Waals surface area contributed by atoms with Gasteiger partial charge in [0.25, 0.3) is 0 Å². The van der Waals surface area contributed by atoms with Crippen LogP contribution in [0.15, 0.2) is 24.3 Å². The molecule has 1 fully saturated rings. The van der Waals surface area contributed by atoms with Crippen LogP contribution in [0, 0.1) is 5.92 Å². The van der Waals surface area contributed by atoms with Crippen molar-refractivity contribution in [2.45, 2.75) is 45.6 Å². The molecule has 2 rings (SSSR count). The molecular formula is C19H27NO3. The minimum absolute atomic E-state index is 0.0301. The van der Waals surface area contributed by atoms with Gasteiger partial charge < -0.3 is 14.8 Å². The summed E-state index contributed by atoms with van der Waals surface area (Å²) in [6.07, 6.45) is 8.16. The van der Waals surface area contributed by atoms with Crippen LogP contribution in [-0.4, -0.2) is 25.7 Å². The highest BCUT2D eigenvalue weighted by molar-refractivity contribution is 5.92. The topological polar surface area (TPSA) is 47.6 Å². The minimum Gasteiger partial charge on any atom is -0.493 e. The third-order valence-electron chi connectivity index (χ3n) is 4.35. The monoisotopic (exact) mass is 317 g/mol. The lowest BCUT2D eigenvalue weighted by molar-refractivity contribution is -0.117. The van der Waals surface area contributed by atoms with Gasteiger partial charge in [0.1, 0.15) is 0 Å². The highest BCUT2D eigenvalue weighted by Crippen LogP contribution is 2.28. The van der Waals surface area contributed by atoms with E-state index in [0.717, 1.165) is 12.0 Å².